The number of nitrogens with two attached hydrogens (primary N) is 1. The molecular formula is C10H15N. The third kappa shape index (κ3) is 1.53. The Labute approximate surface area is 69.7 Å². The maximum atomic E-state index is 7.18. The van der Waals surface area contributed by atoms with Crippen LogP contribution in [0.4, 0.5) is 5.69 Å². The van der Waals surface area contributed by atoms with E-state index in [0.29, 0.717) is 0 Å². The smallest absolute Gasteiger partial charge is 0.156 e. The van der Waals surface area contributed by atoms with E-state index in [1.54, 1.807) is 0 Å². The Hall–Kier alpha value is -0.980. The first-order chi connectivity index (χ1) is 5.83. The van der Waals surface area contributed by atoms with Crippen molar-refractivity contribution in [3.8, 4) is 0 Å². The van der Waals surface area contributed by atoms with Crippen LogP contribution in [0.15, 0.2) is 18.2 Å². The third-order valence-electron chi connectivity index (χ3n) is 2.00. The van der Waals surface area contributed by atoms with Crippen LogP contribution < -0.4 is 5.73 Å². The summed E-state index contributed by atoms with van der Waals surface area (Å²) in [6.07, 6.45) is 1.96. The fourth-order valence-electron chi connectivity index (χ4n) is 1.24. The molecule has 0 heterocycles. The van der Waals surface area contributed by atoms with Crippen molar-refractivity contribution in [3.63, 3.8) is 0 Å². The zero-order valence-electron chi connectivity index (χ0n) is 8.15. The molecule has 0 aliphatic rings. The van der Waals surface area contributed by atoms with Crippen LogP contribution in [0.1, 0.15) is 25.0 Å². The van der Waals surface area contributed by atoms with E-state index < -0.39 is 0 Å². The molecule has 0 unspecified atom stereocenters. The van der Waals surface area contributed by atoms with Gasteiger partial charge in [-0.1, -0.05) is 32.0 Å². The second-order valence-electron chi connectivity index (χ2n) is 2.66. The summed E-state index contributed by atoms with van der Waals surface area (Å²) in [5.74, 6) is 0. The van der Waals surface area contributed by atoms with Crippen LogP contribution in [0.2, 0.25) is 1.41 Å². The van der Waals surface area contributed by atoms with E-state index in [0.717, 1.165) is 18.5 Å². The lowest BCUT2D eigenvalue weighted by Gasteiger charge is -2.06. The number of para-hydroxylation sites is 1. The molecule has 0 aromatic heterocycles. The highest BCUT2D eigenvalue weighted by Gasteiger charge is 1.99. The number of nitrogen functional groups attached to an aromatic ring is 1. The van der Waals surface area contributed by atoms with E-state index in [9.17, 15) is 0 Å². The van der Waals surface area contributed by atoms with Gasteiger partial charge >= 0.3 is 0 Å². The van der Waals surface area contributed by atoms with Crippen LogP contribution in [-0.4, -0.2) is 0 Å². The molecule has 60 valence electrons. The van der Waals surface area contributed by atoms with Gasteiger partial charge in [0, 0.05) is 5.69 Å². The minimum atomic E-state index is 0.981. The summed E-state index contributed by atoms with van der Waals surface area (Å²) >= 11 is 0. The predicted molar refractivity (Wildman–Crippen MR) is 49.6 cm³/mol. The van der Waals surface area contributed by atoms with Crippen molar-refractivity contribution in [2.24, 2.45) is 0 Å². The van der Waals surface area contributed by atoms with Gasteiger partial charge < -0.3 is 5.73 Å². The van der Waals surface area contributed by atoms with Gasteiger partial charge in [-0.25, -0.2) is 0 Å². The molecule has 0 fully saturated rings. The van der Waals surface area contributed by atoms with Crippen molar-refractivity contribution in [1.82, 2.24) is 0 Å². The lowest BCUT2D eigenvalue weighted by Crippen LogP contribution is -1.97. The minimum absolute atomic E-state index is 0.981. The van der Waals surface area contributed by atoms with Gasteiger partial charge in [-0.3, -0.25) is 0 Å². The Morgan fingerprint density at radius 1 is 1.27 bits per heavy atom. The van der Waals surface area contributed by atoms with Gasteiger partial charge in [0.25, 0.3) is 0 Å². The van der Waals surface area contributed by atoms with Crippen LogP contribution >= 0.6 is 0 Å². The quantitative estimate of drug-likeness (QED) is 0.658. The molecule has 2 N–H and O–H groups in total. The first kappa shape index (κ1) is 6.71. The molecular weight excluding hydrogens is 134 g/mol. The molecule has 0 amide bonds. The fraction of sp³-hybridized carbons (Fsp3) is 0.400. The van der Waals surface area contributed by atoms with Crippen molar-refractivity contribution in [1.29, 1.82) is 0 Å². The standard InChI is InChI=1S/C10H15N/c1-3-8-6-5-7-9(4-2)10(8)11/h5-7H,3-4,11H2,1-2H3/i/hD. The second kappa shape index (κ2) is 3.42. The van der Waals surface area contributed by atoms with Crippen LogP contribution in [0.5, 0.6) is 0 Å². The number of hydrogen-bond acceptors (Lipinski definition) is 1. The first-order valence-corrected chi connectivity index (χ1v) is 4.12. The molecule has 1 nitrogen and oxygen atoms in total. The summed E-state index contributed by atoms with van der Waals surface area (Å²) in [5, 5.41) is 0. The number of aryl methyl sites for hydroxylation is 2. The maximum absolute atomic E-state index is 7.18. The highest BCUT2D eigenvalue weighted by atomic mass is 14.6. The Kier molecular flexibility index (Phi) is 2.09. The molecule has 0 saturated carbocycles. The van der Waals surface area contributed by atoms with Crippen molar-refractivity contribution >= 4 is 5.69 Å². The molecule has 0 saturated heterocycles. The number of benzene rings is 1. The minimum Gasteiger partial charge on any atom is -0.398 e. The van der Waals surface area contributed by atoms with E-state index in [-0.39, 0.29) is 0 Å². The van der Waals surface area contributed by atoms with Gasteiger partial charge in [0.15, 0.2) is 1.41 Å². The largest absolute Gasteiger partial charge is 0.398 e. The van der Waals surface area contributed by atoms with Crippen LogP contribution in [0.3, 0.4) is 0 Å². The molecule has 0 spiro atoms. The molecule has 11 heavy (non-hydrogen) atoms. The molecule has 1 aromatic carbocycles. The lowest BCUT2D eigenvalue weighted by atomic mass is 10.0. The Morgan fingerprint density at radius 3 is 2.18 bits per heavy atom. The molecule has 0 aliphatic carbocycles. The van der Waals surface area contributed by atoms with E-state index in [2.05, 4.69) is 37.8 Å². The average molecular weight is 150 g/mol. The summed E-state index contributed by atoms with van der Waals surface area (Å²) < 4.78 is 7.18. The third-order valence-corrected chi connectivity index (χ3v) is 2.00. The SMILES string of the molecule is [2H]Nc1c(CC)cccc1CC. The van der Waals surface area contributed by atoms with Crippen molar-refractivity contribution in [2.75, 3.05) is 5.73 Å². The molecule has 1 aromatic rings. The maximum Gasteiger partial charge on any atom is 0.156 e. The normalized spacial score (nSPS) is 10.9. The molecule has 1 heteroatoms. The molecule has 0 aliphatic heterocycles. The first-order valence-electron chi connectivity index (χ1n) is 4.62. The summed E-state index contributed by atoms with van der Waals surface area (Å²) in [6.45, 7) is 4.21. The Morgan fingerprint density at radius 2 is 1.82 bits per heavy atom. The van der Waals surface area contributed by atoms with Gasteiger partial charge in [-0.2, -0.15) is 0 Å². The van der Waals surface area contributed by atoms with Gasteiger partial charge in [0.2, 0.25) is 0 Å². The van der Waals surface area contributed by atoms with Gasteiger partial charge in [0.1, 0.15) is 0 Å². The van der Waals surface area contributed by atoms with E-state index in [1.165, 1.54) is 11.1 Å². The molecule has 0 radical (unpaired) electrons. The summed E-state index contributed by atoms with van der Waals surface area (Å²) in [5.41, 5.74) is 5.96. The zero-order chi connectivity index (χ0) is 8.97. The Balaban J connectivity index is 3.13. The van der Waals surface area contributed by atoms with Gasteiger partial charge in [-0.05, 0) is 24.0 Å². The van der Waals surface area contributed by atoms with Crippen LogP contribution in [0, 0.1) is 0 Å². The van der Waals surface area contributed by atoms with Crippen LogP contribution in [-0.2, 0) is 12.8 Å². The fourth-order valence-corrected chi connectivity index (χ4v) is 1.24. The zero-order valence-corrected chi connectivity index (χ0v) is 7.15. The number of rotatable bonds is 3. The van der Waals surface area contributed by atoms with E-state index >= 15 is 0 Å². The van der Waals surface area contributed by atoms with Gasteiger partial charge in [0.05, 0.1) is 0 Å². The summed E-state index contributed by atoms with van der Waals surface area (Å²) in [7, 11) is 0. The van der Waals surface area contributed by atoms with Crippen molar-refractivity contribution in [2.45, 2.75) is 26.7 Å². The average Bonchev–Trinajstić information content (AvgIpc) is 2.16. The topological polar surface area (TPSA) is 26.0 Å². The van der Waals surface area contributed by atoms with Crippen molar-refractivity contribution < 1.29 is 1.41 Å². The predicted octanol–water partition coefficient (Wildman–Crippen LogP) is 2.39. The summed E-state index contributed by atoms with van der Waals surface area (Å²) in [4.78, 5) is 0. The molecule has 1 rings (SSSR count). The number of anilines is 1. The summed E-state index contributed by atoms with van der Waals surface area (Å²) in [6, 6.07) is 6.19. The monoisotopic (exact) mass is 150 g/mol. The molecule has 0 atom stereocenters. The second-order valence-corrected chi connectivity index (χ2v) is 2.66. The highest BCUT2D eigenvalue weighted by molar-refractivity contribution is 5.53. The van der Waals surface area contributed by atoms with Gasteiger partial charge in [-0.15, -0.1) is 0 Å². The highest BCUT2D eigenvalue weighted by Crippen LogP contribution is 2.17. The Bertz CT molecular complexity index is 236. The van der Waals surface area contributed by atoms with Crippen LogP contribution in [0.25, 0.3) is 0 Å². The molecule has 0 bridgehead atoms. The van der Waals surface area contributed by atoms with E-state index in [4.69, 9.17) is 1.41 Å². The van der Waals surface area contributed by atoms with Crippen molar-refractivity contribution in [3.05, 3.63) is 29.3 Å². The van der Waals surface area contributed by atoms with E-state index in [1.807, 2.05) is 0 Å². The lowest BCUT2D eigenvalue weighted by molar-refractivity contribution is 1.09. The number of hydrogen-bond donors (Lipinski definition) is 1.